The lowest BCUT2D eigenvalue weighted by Crippen LogP contribution is -2.50. The lowest BCUT2D eigenvalue weighted by molar-refractivity contribution is -0.126. The predicted molar refractivity (Wildman–Crippen MR) is 151 cm³/mol. The van der Waals surface area contributed by atoms with Gasteiger partial charge in [0.05, 0.1) is 44.2 Å². The van der Waals surface area contributed by atoms with Crippen LogP contribution in [0, 0.1) is 5.92 Å². The molecule has 3 amide bonds. The third-order valence-electron chi connectivity index (χ3n) is 8.34. The van der Waals surface area contributed by atoms with E-state index in [0.29, 0.717) is 32.9 Å². The standard InChI is InChI=1S/C30H47N3O7/c1-19(7-10-26-28(35)30(18-38-30)17-22(4)39-26)6-9-25-20(2)16-24(23(5)40-25)32-27(34)11-8-21(3)31-29(36)33-12-14-37-15-13-33/h6-8,10-11,20-26,28,35H,9,12-18H2,1-5H3,(H,31,36)(H,32,34)/b10-7+,11-8-,19-6+/t20-,21-,22+,23+,24+,25-,26+,28+,30+/m0/s1. The highest BCUT2D eigenvalue weighted by Gasteiger charge is 2.57. The Bertz CT molecular complexity index is 972. The van der Waals surface area contributed by atoms with Crippen LogP contribution < -0.4 is 10.6 Å². The summed E-state index contributed by atoms with van der Waals surface area (Å²) in [6.45, 7) is 12.9. The lowest BCUT2D eigenvalue weighted by atomic mass is 9.87. The number of ether oxygens (including phenoxy) is 4. The van der Waals surface area contributed by atoms with Crippen LogP contribution in [0.15, 0.2) is 36.0 Å². The van der Waals surface area contributed by atoms with Gasteiger partial charge in [0.15, 0.2) is 0 Å². The SMILES string of the molecule is CC(/C=C/[C@H]1O[C@H](C)C[C@@]2(CO2)[C@@H]1O)=C\C[C@@H]1O[C@H](C)[C@H](NC(=O)/C=C\[C@H](C)NC(=O)N2CCOCC2)C[C@@H]1C. The van der Waals surface area contributed by atoms with E-state index in [1.54, 1.807) is 11.0 Å². The maximum absolute atomic E-state index is 12.6. The molecule has 10 heteroatoms. The molecule has 0 bridgehead atoms. The molecular weight excluding hydrogens is 514 g/mol. The fraction of sp³-hybridized carbons (Fsp3) is 0.733. The summed E-state index contributed by atoms with van der Waals surface area (Å²) < 4.78 is 23.1. The topological polar surface area (TPSA) is 122 Å². The molecule has 3 N–H and O–H groups in total. The molecule has 4 saturated heterocycles. The van der Waals surface area contributed by atoms with Gasteiger partial charge in [0, 0.05) is 31.6 Å². The van der Waals surface area contributed by atoms with Crippen LogP contribution in [0.2, 0.25) is 0 Å². The fourth-order valence-corrected chi connectivity index (χ4v) is 5.72. The average molecular weight is 562 g/mol. The zero-order valence-electron chi connectivity index (χ0n) is 24.5. The van der Waals surface area contributed by atoms with E-state index in [4.69, 9.17) is 18.9 Å². The Morgan fingerprint density at radius 1 is 1.15 bits per heavy atom. The molecule has 40 heavy (non-hydrogen) atoms. The summed E-state index contributed by atoms with van der Waals surface area (Å²) in [4.78, 5) is 26.6. The van der Waals surface area contributed by atoms with Crippen molar-refractivity contribution < 1.29 is 33.6 Å². The normalized spacial score (nSPS) is 37.6. The largest absolute Gasteiger partial charge is 0.387 e. The van der Waals surface area contributed by atoms with Crippen molar-refractivity contribution in [3.05, 3.63) is 36.0 Å². The highest BCUT2D eigenvalue weighted by Crippen LogP contribution is 2.42. The maximum Gasteiger partial charge on any atom is 0.318 e. The van der Waals surface area contributed by atoms with E-state index in [0.717, 1.165) is 24.8 Å². The minimum atomic E-state index is -0.644. The molecule has 0 aromatic rings. The van der Waals surface area contributed by atoms with Gasteiger partial charge in [0.25, 0.3) is 0 Å². The molecule has 0 aliphatic carbocycles. The van der Waals surface area contributed by atoms with E-state index in [-0.39, 0.29) is 54.4 Å². The van der Waals surface area contributed by atoms with Gasteiger partial charge >= 0.3 is 6.03 Å². The Morgan fingerprint density at radius 3 is 2.58 bits per heavy atom. The molecule has 4 rings (SSSR count). The number of aliphatic hydroxyl groups is 1. The Morgan fingerprint density at radius 2 is 1.88 bits per heavy atom. The Labute approximate surface area is 238 Å². The van der Waals surface area contributed by atoms with Gasteiger partial charge in [-0.15, -0.1) is 0 Å². The second-order valence-corrected chi connectivity index (χ2v) is 11.9. The van der Waals surface area contributed by atoms with E-state index in [1.807, 2.05) is 39.8 Å². The Balaban J connectivity index is 1.20. The van der Waals surface area contributed by atoms with Gasteiger partial charge < -0.3 is 39.6 Å². The van der Waals surface area contributed by atoms with Gasteiger partial charge in [-0.3, -0.25) is 4.79 Å². The molecule has 0 aromatic carbocycles. The Hall–Kier alpha value is -2.24. The summed E-state index contributed by atoms with van der Waals surface area (Å²) in [5.74, 6) is 0.0701. The minimum absolute atomic E-state index is 0.0522. The van der Waals surface area contributed by atoms with Crippen molar-refractivity contribution in [2.75, 3.05) is 32.9 Å². The second-order valence-electron chi connectivity index (χ2n) is 11.9. The number of nitrogens with zero attached hydrogens (tertiary/aromatic N) is 1. The molecular formula is C30H47N3O7. The first-order chi connectivity index (χ1) is 19.1. The number of carbonyl (C=O) groups excluding carboxylic acids is 2. The third-order valence-corrected chi connectivity index (χ3v) is 8.34. The summed E-state index contributed by atoms with van der Waals surface area (Å²) in [7, 11) is 0. The van der Waals surface area contributed by atoms with E-state index >= 15 is 0 Å². The number of aliphatic hydroxyl groups excluding tert-OH is 1. The molecule has 224 valence electrons. The Kier molecular flexibility index (Phi) is 10.5. The number of epoxide rings is 1. The molecule has 4 aliphatic rings. The minimum Gasteiger partial charge on any atom is -0.387 e. The summed E-state index contributed by atoms with van der Waals surface area (Å²) in [5, 5.41) is 16.6. The summed E-state index contributed by atoms with van der Waals surface area (Å²) in [5.41, 5.74) is 0.656. The van der Waals surface area contributed by atoms with Crippen molar-refractivity contribution in [1.82, 2.24) is 15.5 Å². The van der Waals surface area contributed by atoms with Crippen LogP contribution in [0.4, 0.5) is 4.79 Å². The zero-order chi connectivity index (χ0) is 28.9. The first-order valence-corrected chi connectivity index (χ1v) is 14.7. The van der Waals surface area contributed by atoms with Crippen molar-refractivity contribution in [2.24, 2.45) is 5.92 Å². The van der Waals surface area contributed by atoms with Crippen LogP contribution in [0.25, 0.3) is 0 Å². The van der Waals surface area contributed by atoms with Gasteiger partial charge in [-0.2, -0.15) is 0 Å². The van der Waals surface area contributed by atoms with Crippen molar-refractivity contribution in [1.29, 1.82) is 0 Å². The molecule has 10 nitrogen and oxygen atoms in total. The van der Waals surface area contributed by atoms with Gasteiger partial charge in [0.1, 0.15) is 17.8 Å². The number of hydrogen-bond acceptors (Lipinski definition) is 7. The van der Waals surface area contributed by atoms with E-state index in [9.17, 15) is 14.7 Å². The number of amides is 3. The van der Waals surface area contributed by atoms with E-state index < -0.39 is 11.7 Å². The van der Waals surface area contributed by atoms with Crippen LogP contribution in [0.3, 0.4) is 0 Å². The highest BCUT2D eigenvalue weighted by molar-refractivity contribution is 5.88. The van der Waals surface area contributed by atoms with Crippen LogP contribution in [0.5, 0.6) is 0 Å². The highest BCUT2D eigenvalue weighted by atomic mass is 16.6. The number of morpholine rings is 1. The van der Waals surface area contributed by atoms with Crippen LogP contribution >= 0.6 is 0 Å². The van der Waals surface area contributed by atoms with E-state index in [2.05, 4.69) is 23.6 Å². The number of urea groups is 1. The molecule has 4 aliphatic heterocycles. The van der Waals surface area contributed by atoms with Crippen LogP contribution in [0.1, 0.15) is 53.9 Å². The number of carbonyl (C=O) groups is 2. The third kappa shape index (κ3) is 8.16. The average Bonchev–Trinajstić information content (AvgIpc) is 3.70. The molecule has 0 aromatic heterocycles. The number of hydrogen-bond donors (Lipinski definition) is 3. The van der Waals surface area contributed by atoms with Crippen molar-refractivity contribution in [3.63, 3.8) is 0 Å². The van der Waals surface area contributed by atoms with Crippen LogP contribution in [-0.4, -0.2) is 103 Å². The molecule has 0 saturated carbocycles. The quantitative estimate of drug-likeness (QED) is 0.236. The summed E-state index contributed by atoms with van der Waals surface area (Å²) >= 11 is 0. The fourth-order valence-electron chi connectivity index (χ4n) is 5.72. The van der Waals surface area contributed by atoms with E-state index in [1.165, 1.54) is 6.08 Å². The lowest BCUT2D eigenvalue weighted by Gasteiger charge is -2.39. The first-order valence-electron chi connectivity index (χ1n) is 14.7. The molecule has 4 fully saturated rings. The second kappa shape index (κ2) is 13.6. The number of rotatable bonds is 8. The van der Waals surface area contributed by atoms with Gasteiger partial charge in [-0.25, -0.2) is 4.79 Å². The van der Waals surface area contributed by atoms with Crippen LogP contribution in [-0.2, 0) is 23.7 Å². The zero-order valence-corrected chi connectivity index (χ0v) is 24.5. The van der Waals surface area contributed by atoms with Crippen molar-refractivity contribution >= 4 is 11.9 Å². The van der Waals surface area contributed by atoms with Crippen molar-refractivity contribution in [3.8, 4) is 0 Å². The maximum atomic E-state index is 12.6. The predicted octanol–water partition coefficient (Wildman–Crippen LogP) is 2.47. The smallest absolute Gasteiger partial charge is 0.318 e. The summed E-state index contributed by atoms with van der Waals surface area (Å²) in [6, 6.07) is -0.505. The molecule has 0 unspecified atom stereocenters. The molecule has 9 atom stereocenters. The monoisotopic (exact) mass is 561 g/mol. The molecule has 1 spiro atoms. The van der Waals surface area contributed by atoms with Gasteiger partial charge in [-0.1, -0.05) is 36.8 Å². The van der Waals surface area contributed by atoms with Gasteiger partial charge in [-0.05, 0) is 46.5 Å². The van der Waals surface area contributed by atoms with Crippen molar-refractivity contribution in [2.45, 2.75) is 102 Å². The van der Waals surface area contributed by atoms with Gasteiger partial charge in [0.2, 0.25) is 5.91 Å². The molecule has 0 radical (unpaired) electrons. The summed E-state index contributed by atoms with van der Waals surface area (Å²) in [6.07, 6.45) is 10.5. The number of allylic oxidation sites excluding steroid dienone is 2. The molecule has 4 heterocycles. The number of nitrogens with one attached hydrogen (secondary N) is 2. The first kappa shape index (κ1) is 30.7.